The largest absolute Gasteiger partial charge is 1.00 e. The molecule has 1 aliphatic rings. The minimum absolute atomic E-state index is 0. The van der Waals surface area contributed by atoms with Crippen molar-refractivity contribution < 1.29 is 27.0 Å². The summed E-state index contributed by atoms with van der Waals surface area (Å²) >= 11 is 0. The average molecular weight is 402 g/mol. The minimum Gasteiger partial charge on any atom is -1.00 e. The second-order valence-electron chi connectivity index (χ2n) is 6.65. The number of aliphatic hydroxyl groups excluding tert-OH is 1. The Hall–Kier alpha value is -2.34. The van der Waals surface area contributed by atoms with Crippen LogP contribution in [0.15, 0.2) is 66.7 Å². The van der Waals surface area contributed by atoms with Crippen molar-refractivity contribution in [3.63, 3.8) is 0 Å². The highest BCUT2D eigenvalue weighted by Crippen LogP contribution is 2.10. The van der Waals surface area contributed by atoms with Crippen LogP contribution in [0.2, 0.25) is 0 Å². The molecule has 1 fully saturated rings. The van der Waals surface area contributed by atoms with Crippen molar-refractivity contribution in [3.05, 3.63) is 72.3 Å². The van der Waals surface area contributed by atoms with E-state index in [1.807, 2.05) is 71.6 Å². The highest BCUT2D eigenvalue weighted by Gasteiger charge is 2.21. The van der Waals surface area contributed by atoms with Crippen LogP contribution in [0.4, 0.5) is 0 Å². The lowest BCUT2D eigenvalue weighted by molar-refractivity contribution is -0.127. The van der Waals surface area contributed by atoms with E-state index in [1.165, 1.54) is 0 Å². The Morgan fingerprint density at radius 1 is 1.00 bits per heavy atom. The summed E-state index contributed by atoms with van der Waals surface area (Å²) in [5.74, 6) is 0.795. The predicted molar refractivity (Wildman–Crippen MR) is 106 cm³/mol. The zero-order chi connectivity index (χ0) is 18.9. The molecule has 1 heterocycles. The van der Waals surface area contributed by atoms with Crippen molar-refractivity contribution >= 4 is 12.0 Å². The lowest BCUT2D eigenvalue weighted by Gasteiger charge is -2.35. The molecule has 2 aromatic rings. The van der Waals surface area contributed by atoms with Crippen molar-refractivity contribution in [3.8, 4) is 5.75 Å². The number of rotatable bonds is 7. The number of aliphatic hydroxyl groups is 1. The lowest BCUT2D eigenvalue weighted by Crippen LogP contribution is -3.00. The summed E-state index contributed by atoms with van der Waals surface area (Å²) in [7, 11) is 0. The maximum atomic E-state index is 12.3. The normalized spacial score (nSPS) is 15.8. The molecule has 2 aromatic carbocycles. The molecule has 1 unspecified atom stereocenters. The van der Waals surface area contributed by atoms with Crippen molar-refractivity contribution in [2.24, 2.45) is 0 Å². The van der Waals surface area contributed by atoms with Crippen molar-refractivity contribution in [1.82, 2.24) is 9.80 Å². The molecule has 1 N–H and O–H groups in total. The highest BCUT2D eigenvalue weighted by atomic mass is 35.5. The van der Waals surface area contributed by atoms with E-state index in [0.29, 0.717) is 19.6 Å². The molecule has 0 spiro atoms. The Labute approximate surface area is 172 Å². The molecule has 5 nitrogen and oxygen atoms in total. The van der Waals surface area contributed by atoms with Crippen LogP contribution in [-0.2, 0) is 4.79 Å². The number of ether oxygens (including phenoxy) is 1. The van der Waals surface area contributed by atoms with Crippen molar-refractivity contribution in [2.75, 3.05) is 39.3 Å². The molecule has 0 saturated carbocycles. The highest BCUT2D eigenvalue weighted by molar-refractivity contribution is 5.91. The Balaban J connectivity index is 0.00000280. The summed E-state index contributed by atoms with van der Waals surface area (Å²) in [6.45, 7) is 3.67. The first kappa shape index (κ1) is 22.0. The van der Waals surface area contributed by atoms with E-state index >= 15 is 0 Å². The molecule has 150 valence electrons. The third-order valence-corrected chi connectivity index (χ3v) is 4.56. The topological polar surface area (TPSA) is 53.0 Å². The van der Waals surface area contributed by atoms with Crippen LogP contribution in [0.5, 0.6) is 5.75 Å². The van der Waals surface area contributed by atoms with Crippen LogP contribution >= 0.6 is 0 Å². The standard InChI is InChI=1S/C22H26N2O3.ClH/c25-20(18-27-21-9-5-2-6-10-21)17-23-13-15-24(16-14-23)22(26)12-11-19-7-3-1-4-8-19;/h1-12,20,25H,13-18H2;1H/p-1/b12-11+;. The fraction of sp³-hybridized carbons (Fsp3) is 0.318. The van der Waals surface area contributed by atoms with E-state index in [0.717, 1.165) is 24.4 Å². The molecule has 1 saturated heterocycles. The predicted octanol–water partition coefficient (Wildman–Crippen LogP) is -0.712. The molecule has 0 radical (unpaired) electrons. The quantitative estimate of drug-likeness (QED) is 0.623. The van der Waals surface area contributed by atoms with Crippen LogP contribution in [0.1, 0.15) is 5.56 Å². The molecule has 0 aromatic heterocycles. The maximum absolute atomic E-state index is 12.3. The van der Waals surface area contributed by atoms with Gasteiger partial charge in [0, 0.05) is 38.8 Å². The first-order valence-electron chi connectivity index (χ1n) is 9.31. The number of hydrogen-bond acceptors (Lipinski definition) is 4. The molecular formula is C22H26ClN2O3-. The molecule has 1 aliphatic heterocycles. The van der Waals surface area contributed by atoms with Gasteiger partial charge in [0.15, 0.2) is 0 Å². The summed E-state index contributed by atoms with van der Waals surface area (Å²) in [5.41, 5.74) is 1.02. The number of piperazine rings is 1. The van der Waals surface area contributed by atoms with Crippen LogP contribution in [-0.4, -0.2) is 66.2 Å². The zero-order valence-electron chi connectivity index (χ0n) is 15.8. The van der Waals surface area contributed by atoms with Gasteiger partial charge in [0.2, 0.25) is 5.91 Å². The number of carbonyl (C=O) groups is 1. The average Bonchev–Trinajstić information content (AvgIpc) is 2.72. The molecule has 1 atom stereocenters. The number of β-amino-alcohol motifs (C(OH)–C–C–N with tert-alkyl or cyclic N) is 1. The molecule has 3 rings (SSSR count). The van der Waals surface area contributed by atoms with Gasteiger partial charge in [0.05, 0.1) is 0 Å². The summed E-state index contributed by atoms with van der Waals surface area (Å²) in [5, 5.41) is 10.2. The van der Waals surface area contributed by atoms with E-state index in [-0.39, 0.29) is 24.9 Å². The molecule has 0 aliphatic carbocycles. The van der Waals surface area contributed by atoms with Gasteiger partial charge in [-0.25, -0.2) is 0 Å². The summed E-state index contributed by atoms with van der Waals surface area (Å²) in [6, 6.07) is 19.3. The van der Waals surface area contributed by atoms with Gasteiger partial charge in [0.25, 0.3) is 0 Å². The minimum atomic E-state index is -0.551. The van der Waals surface area contributed by atoms with Crippen LogP contribution in [0, 0.1) is 0 Å². The molecule has 6 heteroatoms. The summed E-state index contributed by atoms with van der Waals surface area (Å²) in [6.07, 6.45) is 2.93. The zero-order valence-corrected chi connectivity index (χ0v) is 16.5. The Morgan fingerprint density at radius 2 is 1.61 bits per heavy atom. The number of nitrogens with zero attached hydrogens (tertiary/aromatic N) is 2. The third kappa shape index (κ3) is 7.00. The smallest absolute Gasteiger partial charge is 0.246 e. The number of amides is 1. The van der Waals surface area contributed by atoms with E-state index in [9.17, 15) is 9.90 Å². The third-order valence-electron chi connectivity index (χ3n) is 4.56. The number of carbonyl (C=O) groups excluding carboxylic acids is 1. The second kappa shape index (κ2) is 11.5. The van der Waals surface area contributed by atoms with E-state index in [1.54, 1.807) is 6.08 Å². The van der Waals surface area contributed by atoms with E-state index < -0.39 is 6.10 Å². The summed E-state index contributed by atoms with van der Waals surface area (Å²) < 4.78 is 5.59. The number of halogens is 1. The second-order valence-corrected chi connectivity index (χ2v) is 6.65. The fourth-order valence-electron chi connectivity index (χ4n) is 3.05. The lowest BCUT2D eigenvalue weighted by atomic mass is 10.2. The Morgan fingerprint density at radius 3 is 2.25 bits per heavy atom. The molecule has 0 bridgehead atoms. The Kier molecular flexibility index (Phi) is 9.01. The van der Waals surface area contributed by atoms with E-state index in [4.69, 9.17) is 4.74 Å². The molecule has 28 heavy (non-hydrogen) atoms. The first-order valence-corrected chi connectivity index (χ1v) is 9.31. The van der Waals surface area contributed by atoms with Crippen LogP contribution in [0.3, 0.4) is 0 Å². The maximum Gasteiger partial charge on any atom is 0.246 e. The molecule has 1 amide bonds. The van der Waals surface area contributed by atoms with Gasteiger partial charge in [-0.1, -0.05) is 48.5 Å². The van der Waals surface area contributed by atoms with Gasteiger partial charge >= 0.3 is 0 Å². The van der Waals surface area contributed by atoms with Gasteiger partial charge < -0.3 is 27.2 Å². The fourth-order valence-corrected chi connectivity index (χ4v) is 3.05. The number of hydrogen-bond donors (Lipinski definition) is 1. The molecular weight excluding hydrogens is 376 g/mol. The van der Waals surface area contributed by atoms with Gasteiger partial charge in [-0.05, 0) is 23.8 Å². The van der Waals surface area contributed by atoms with Crippen molar-refractivity contribution in [1.29, 1.82) is 0 Å². The van der Waals surface area contributed by atoms with E-state index in [2.05, 4.69) is 4.90 Å². The SMILES string of the molecule is O=C(/C=C/c1ccccc1)N1CCN(CC(O)COc2ccccc2)CC1.[Cl-]. The Bertz CT molecular complexity index is 732. The van der Waals surface area contributed by atoms with Crippen molar-refractivity contribution in [2.45, 2.75) is 6.10 Å². The van der Waals surface area contributed by atoms with Gasteiger partial charge in [-0.3, -0.25) is 9.69 Å². The number of para-hydroxylation sites is 1. The monoisotopic (exact) mass is 401 g/mol. The van der Waals surface area contributed by atoms with Crippen LogP contribution < -0.4 is 17.1 Å². The first-order chi connectivity index (χ1) is 13.2. The number of benzene rings is 2. The van der Waals surface area contributed by atoms with Gasteiger partial charge in [-0.2, -0.15) is 0 Å². The van der Waals surface area contributed by atoms with Crippen LogP contribution in [0.25, 0.3) is 6.08 Å². The van der Waals surface area contributed by atoms with Gasteiger partial charge in [-0.15, -0.1) is 0 Å². The van der Waals surface area contributed by atoms with Gasteiger partial charge in [0.1, 0.15) is 18.5 Å². The summed E-state index contributed by atoms with van der Waals surface area (Å²) in [4.78, 5) is 16.3.